The highest BCUT2D eigenvalue weighted by Gasteiger charge is 2.06. The number of amides is 1. The van der Waals surface area contributed by atoms with Crippen LogP contribution in [0.15, 0.2) is 42.7 Å². The predicted molar refractivity (Wildman–Crippen MR) is 78.0 cm³/mol. The molecule has 1 aromatic carbocycles. The summed E-state index contributed by atoms with van der Waals surface area (Å²) in [4.78, 5) is 15.8. The molecule has 0 aliphatic rings. The number of aromatic nitrogens is 1. The van der Waals surface area contributed by atoms with Crippen molar-refractivity contribution in [3.63, 3.8) is 0 Å². The fourth-order valence-corrected chi connectivity index (χ4v) is 2.01. The highest BCUT2D eigenvalue weighted by atomic mass is 16.5. The summed E-state index contributed by atoms with van der Waals surface area (Å²) in [6.07, 6.45) is 3.94. The Kier molecular flexibility index (Phi) is 4.71. The number of rotatable bonds is 5. The SMILES string of the molecule is COc1ccc(C)cc1CCNC(=O)c1cccnc1. The van der Waals surface area contributed by atoms with Crippen LogP contribution in [0.4, 0.5) is 0 Å². The van der Waals surface area contributed by atoms with E-state index in [0.717, 1.165) is 17.7 Å². The number of methoxy groups -OCH3 is 1. The van der Waals surface area contributed by atoms with Crippen molar-refractivity contribution in [2.45, 2.75) is 13.3 Å². The smallest absolute Gasteiger partial charge is 0.252 e. The summed E-state index contributed by atoms with van der Waals surface area (Å²) in [5, 5.41) is 2.88. The molecule has 1 aromatic heterocycles. The quantitative estimate of drug-likeness (QED) is 0.907. The molecule has 20 heavy (non-hydrogen) atoms. The molecule has 0 bridgehead atoms. The van der Waals surface area contributed by atoms with Crippen molar-refractivity contribution in [1.29, 1.82) is 0 Å². The predicted octanol–water partition coefficient (Wildman–Crippen LogP) is 2.37. The van der Waals surface area contributed by atoms with Crippen molar-refractivity contribution in [1.82, 2.24) is 10.3 Å². The van der Waals surface area contributed by atoms with E-state index in [1.807, 2.05) is 19.1 Å². The topological polar surface area (TPSA) is 51.2 Å². The van der Waals surface area contributed by atoms with Crippen LogP contribution in [0.3, 0.4) is 0 Å². The number of aryl methyl sites for hydroxylation is 1. The Hall–Kier alpha value is -2.36. The molecule has 0 aliphatic heterocycles. The number of pyridine rings is 1. The summed E-state index contributed by atoms with van der Waals surface area (Å²) < 4.78 is 5.32. The van der Waals surface area contributed by atoms with Gasteiger partial charge in [0.05, 0.1) is 12.7 Å². The second-order valence-electron chi connectivity index (χ2n) is 4.56. The number of benzene rings is 1. The van der Waals surface area contributed by atoms with E-state index in [0.29, 0.717) is 12.1 Å². The van der Waals surface area contributed by atoms with E-state index in [2.05, 4.69) is 16.4 Å². The van der Waals surface area contributed by atoms with E-state index in [-0.39, 0.29) is 5.91 Å². The van der Waals surface area contributed by atoms with Gasteiger partial charge >= 0.3 is 0 Å². The van der Waals surface area contributed by atoms with Gasteiger partial charge in [-0.15, -0.1) is 0 Å². The van der Waals surface area contributed by atoms with Crippen molar-refractivity contribution in [3.8, 4) is 5.75 Å². The molecule has 1 amide bonds. The Labute approximate surface area is 118 Å². The molecule has 0 saturated heterocycles. The Morgan fingerprint density at radius 2 is 2.20 bits per heavy atom. The van der Waals surface area contributed by atoms with Gasteiger partial charge in [0.15, 0.2) is 0 Å². The monoisotopic (exact) mass is 270 g/mol. The number of carbonyl (C=O) groups excluding carboxylic acids is 1. The van der Waals surface area contributed by atoms with Gasteiger partial charge in [0.2, 0.25) is 0 Å². The third-order valence-corrected chi connectivity index (χ3v) is 3.04. The first-order valence-electron chi connectivity index (χ1n) is 6.52. The molecule has 4 heteroatoms. The molecule has 104 valence electrons. The molecule has 0 saturated carbocycles. The third kappa shape index (κ3) is 3.57. The van der Waals surface area contributed by atoms with E-state index < -0.39 is 0 Å². The number of ether oxygens (including phenoxy) is 1. The lowest BCUT2D eigenvalue weighted by Crippen LogP contribution is -2.25. The van der Waals surface area contributed by atoms with Crippen molar-refractivity contribution in [3.05, 3.63) is 59.4 Å². The van der Waals surface area contributed by atoms with Crippen molar-refractivity contribution in [2.24, 2.45) is 0 Å². The largest absolute Gasteiger partial charge is 0.496 e. The van der Waals surface area contributed by atoms with Crippen LogP contribution in [0.1, 0.15) is 21.5 Å². The molecular formula is C16H18N2O2. The lowest BCUT2D eigenvalue weighted by Gasteiger charge is -2.10. The van der Waals surface area contributed by atoms with Crippen LogP contribution < -0.4 is 10.1 Å². The summed E-state index contributed by atoms with van der Waals surface area (Å²) in [5.74, 6) is 0.746. The molecule has 1 heterocycles. The Morgan fingerprint density at radius 1 is 1.35 bits per heavy atom. The van der Waals surface area contributed by atoms with Gasteiger partial charge in [-0.3, -0.25) is 9.78 Å². The minimum atomic E-state index is -0.107. The van der Waals surface area contributed by atoms with Crippen LogP contribution in [-0.2, 0) is 6.42 Å². The van der Waals surface area contributed by atoms with Gasteiger partial charge in [0.1, 0.15) is 5.75 Å². The van der Waals surface area contributed by atoms with Gasteiger partial charge in [0, 0.05) is 18.9 Å². The molecule has 2 aromatic rings. The van der Waals surface area contributed by atoms with Crippen molar-refractivity contribution < 1.29 is 9.53 Å². The lowest BCUT2D eigenvalue weighted by atomic mass is 10.1. The number of hydrogen-bond donors (Lipinski definition) is 1. The van der Waals surface area contributed by atoms with Gasteiger partial charge in [0.25, 0.3) is 5.91 Å². The summed E-state index contributed by atoms with van der Waals surface area (Å²) in [6.45, 7) is 2.60. The van der Waals surface area contributed by atoms with Gasteiger partial charge in [-0.1, -0.05) is 17.7 Å². The van der Waals surface area contributed by atoms with Crippen LogP contribution in [0.5, 0.6) is 5.75 Å². The highest BCUT2D eigenvalue weighted by Crippen LogP contribution is 2.19. The van der Waals surface area contributed by atoms with Crippen molar-refractivity contribution >= 4 is 5.91 Å². The fraction of sp³-hybridized carbons (Fsp3) is 0.250. The molecule has 1 N–H and O–H groups in total. The zero-order chi connectivity index (χ0) is 14.4. The van der Waals surface area contributed by atoms with Crippen LogP contribution in [0, 0.1) is 6.92 Å². The van der Waals surface area contributed by atoms with Crippen LogP contribution in [0.2, 0.25) is 0 Å². The minimum absolute atomic E-state index is 0.107. The van der Waals surface area contributed by atoms with Crippen molar-refractivity contribution in [2.75, 3.05) is 13.7 Å². The second-order valence-corrected chi connectivity index (χ2v) is 4.56. The first kappa shape index (κ1) is 14.1. The number of carbonyl (C=O) groups is 1. The lowest BCUT2D eigenvalue weighted by molar-refractivity contribution is 0.0953. The number of hydrogen-bond acceptors (Lipinski definition) is 3. The summed E-state index contributed by atoms with van der Waals surface area (Å²) in [5.41, 5.74) is 2.85. The molecule has 2 rings (SSSR count). The molecular weight excluding hydrogens is 252 g/mol. The van der Waals surface area contributed by atoms with Crippen LogP contribution in [-0.4, -0.2) is 24.5 Å². The molecule has 0 aliphatic carbocycles. The molecule has 0 radical (unpaired) electrons. The minimum Gasteiger partial charge on any atom is -0.496 e. The summed E-state index contributed by atoms with van der Waals surface area (Å²) in [7, 11) is 1.66. The molecule has 0 spiro atoms. The Balaban J connectivity index is 1.93. The van der Waals surface area contributed by atoms with Gasteiger partial charge < -0.3 is 10.1 Å². The zero-order valence-corrected chi connectivity index (χ0v) is 11.7. The highest BCUT2D eigenvalue weighted by molar-refractivity contribution is 5.93. The first-order valence-corrected chi connectivity index (χ1v) is 6.52. The normalized spacial score (nSPS) is 10.1. The molecule has 4 nitrogen and oxygen atoms in total. The van der Waals surface area contributed by atoms with E-state index in [4.69, 9.17) is 4.74 Å². The van der Waals surface area contributed by atoms with E-state index in [9.17, 15) is 4.79 Å². The van der Waals surface area contributed by atoms with Gasteiger partial charge in [-0.25, -0.2) is 0 Å². The maximum Gasteiger partial charge on any atom is 0.252 e. The Morgan fingerprint density at radius 3 is 2.90 bits per heavy atom. The molecule has 0 unspecified atom stereocenters. The second kappa shape index (κ2) is 6.70. The summed E-state index contributed by atoms with van der Waals surface area (Å²) in [6, 6.07) is 9.54. The van der Waals surface area contributed by atoms with Crippen LogP contribution >= 0.6 is 0 Å². The van der Waals surface area contributed by atoms with Gasteiger partial charge in [-0.05, 0) is 37.1 Å². The third-order valence-electron chi connectivity index (χ3n) is 3.04. The fourth-order valence-electron chi connectivity index (χ4n) is 2.01. The zero-order valence-electron chi connectivity index (χ0n) is 11.7. The number of nitrogens with one attached hydrogen (secondary N) is 1. The maximum atomic E-state index is 11.9. The number of nitrogens with zero attached hydrogens (tertiary/aromatic N) is 1. The maximum absolute atomic E-state index is 11.9. The first-order chi connectivity index (χ1) is 9.70. The van der Waals surface area contributed by atoms with Crippen LogP contribution in [0.25, 0.3) is 0 Å². The summed E-state index contributed by atoms with van der Waals surface area (Å²) >= 11 is 0. The molecule has 0 atom stereocenters. The van der Waals surface area contributed by atoms with E-state index in [1.165, 1.54) is 5.56 Å². The Bertz CT molecular complexity index is 582. The average Bonchev–Trinajstić information content (AvgIpc) is 2.48. The van der Waals surface area contributed by atoms with E-state index in [1.54, 1.807) is 31.6 Å². The molecule has 0 fully saturated rings. The van der Waals surface area contributed by atoms with E-state index >= 15 is 0 Å². The van der Waals surface area contributed by atoms with Gasteiger partial charge in [-0.2, -0.15) is 0 Å². The standard InChI is InChI=1S/C16H18N2O2/c1-12-5-6-15(20-2)13(10-12)7-9-18-16(19)14-4-3-8-17-11-14/h3-6,8,10-11H,7,9H2,1-2H3,(H,18,19). The average molecular weight is 270 g/mol.